The number of carbonyl (C=O) groups is 2. The summed E-state index contributed by atoms with van der Waals surface area (Å²) < 4.78 is 5.39. The second kappa shape index (κ2) is 8.50. The summed E-state index contributed by atoms with van der Waals surface area (Å²) in [5.74, 6) is -0.115. The van der Waals surface area contributed by atoms with E-state index in [2.05, 4.69) is 21.3 Å². The average molecular weight is 320 g/mol. The summed E-state index contributed by atoms with van der Waals surface area (Å²) in [5.41, 5.74) is 1.66. The van der Waals surface area contributed by atoms with E-state index in [-0.39, 0.29) is 18.0 Å². The van der Waals surface area contributed by atoms with Crippen molar-refractivity contribution in [3.63, 3.8) is 0 Å². The SMILES string of the molecule is CC(C)NC(=O)Nc1ccc(CNC(=O)C2CNCCO2)cc1. The molecule has 0 spiro atoms. The Kier molecular flexibility index (Phi) is 6.37. The molecule has 3 amide bonds. The lowest BCUT2D eigenvalue weighted by Gasteiger charge is -2.22. The quantitative estimate of drug-likeness (QED) is 0.646. The number of nitrogens with one attached hydrogen (secondary N) is 4. The predicted octanol–water partition coefficient (Wildman–Crippen LogP) is 0.821. The zero-order valence-electron chi connectivity index (χ0n) is 13.5. The van der Waals surface area contributed by atoms with Crippen molar-refractivity contribution >= 4 is 17.6 Å². The van der Waals surface area contributed by atoms with Gasteiger partial charge in [0.05, 0.1) is 6.61 Å². The summed E-state index contributed by atoms with van der Waals surface area (Å²) in [6, 6.07) is 7.19. The van der Waals surface area contributed by atoms with Crippen LogP contribution >= 0.6 is 0 Å². The Morgan fingerprint density at radius 2 is 2.04 bits per heavy atom. The van der Waals surface area contributed by atoms with Crippen LogP contribution in [0.1, 0.15) is 19.4 Å². The van der Waals surface area contributed by atoms with Crippen molar-refractivity contribution in [2.75, 3.05) is 25.0 Å². The molecule has 1 unspecified atom stereocenters. The van der Waals surface area contributed by atoms with Gasteiger partial charge in [0, 0.05) is 31.4 Å². The van der Waals surface area contributed by atoms with Gasteiger partial charge in [-0.3, -0.25) is 4.79 Å². The van der Waals surface area contributed by atoms with E-state index in [1.807, 2.05) is 26.0 Å². The lowest BCUT2D eigenvalue weighted by molar-refractivity contribution is -0.134. The third kappa shape index (κ3) is 5.88. The van der Waals surface area contributed by atoms with Gasteiger partial charge in [-0.1, -0.05) is 12.1 Å². The fraction of sp³-hybridized carbons (Fsp3) is 0.500. The summed E-state index contributed by atoms with van der Waals surface area (Å²) in [6.07, 6.45) is -0.426. The third-order valence-electron chi connectivity index (χ3n) is 3.32. The number of hydrogen-bond donors (Lipinski definition) is 4. The van der Waals surface area contributed by atoms with E-state index in [1.54, 1.807) is 12.1 Å². The first-order valence-corrected chi connectivity index (χ1v) is 7.81. The summed E-state index contributed by atoms with van der Waals surface area (Å²) >= 11 is 0. The maximum absolute atomic E-state index is 11.9. The minimum absolute atomic E-state index is 0.0842. The van der Waals surface area contributed by atoms with Crippen molar-refractivity contribution in [1.29, 1.82) is 0 Å². The number of morpholine rings is 1. The van der Waals surface area contributed by atoms with Crippen molar-refractivity contribution in [3.05, 3.63) is 29.8 Å². The first-order valence-electron chi connectivity index (χ1n) is 7.81. The second-order valence-electron chi connectivity index (χ2n) is 5.73. The smallest absolute Gasteiger partial charge is 0.319 e. The summed E-state index contributed by atoms with van der Waals surface area (Å²) in [5, 5.41) is 11.5. The van der Waals surface area contributed by atoms with Crippen molar-refractivity contribution in [3.8, 4) is 0 Å². The minimum atomic E-state index is -0.426. The van der Waals surface area contributed by atoms with Crippen molar-refractivity contribution in [2.45, 2.75) is 32.5 Å². The van der Waals surface area contributed by atoms with Crippen LogP contribution in [-0.4, -0.2) is 43.8 Å². The molecule has 1 atom stereocenters. The molecule has 0 saturated carbocycles. The summed E-state index contributed by atoms with van der Waals surface area (Å²) in [4.78, 5) is 23.5. The van der Waals surface area contributed by atoms with Crippen LogP contribution in [0.5, 0.6) is 0 Å². The fourth-order valence-corrected chi connectivity index (χ4v) is 2.17. The highest BCUT2D eigenvalue weighted by molar-refractivity contribution is 5.89. The molecule has 1 aromatic carbocycles. The molecule has 0 aliphatic carbocycles. The molecule has 1 aliphatic heterocycles. The van der Waals surface area contributed by atoms with Gasteiger partial charge in [-0.15, -0.1) is 0 Å². The number of carbonyl (C=O) groups excluding carboxylic acids is 2. The first kappa shape index (κ1) is 17.2. The molecule has 1 saturated heterocycles. The lowest BCUT2D eigenvalue weighted by Crippen LogP contribution is -2.47. The van der Waals surface area contributed by atoms with Crippen LogP contribution < -0.4 is 21.3 Å². The lowest BCUT2D eigenvalue weighted by atomic mass is 10.2. The predicted molar refractivity (Wildman–Crippen MR) is 88.2 cm³/mol. The van der Waals surface area contributed by atoms with Crippen LogP contribution in [0.4, 0.5) is 10.5 Å². The van der Waals surface area contributed by atoms with Crippen LogP contribution in [0.15, 0.2) is 24.3 Å². The maximum Gasteiger partial charge on any atom is 0.319 e. The number of benzene rings is 1. The van der Waals surface area contributed by atoms with Crippen molar-refractivity contribution in [2.24, 2.45) is 0 Å². The molecule has 4 N–H and O–H groups in total. The second-order valence-corrected chi connectivity index (χ2v) is 5.73. The van der Waals surface area contributed by atoms with Crippen LogP contribution in [0, 0.1) is 0 Å². The standard InChI is InChI=1S/C16H24N4O3/c1-11(2)19-16(22)20-13-5-3-12(4-6-13)9-18-15(21)14-10-17-7-8-23-14/h3-6,11,14,17H,7-10H2,1-2H3,(H,18,21)(H2,19,20,22). The topological polar surface area (TPSA) is 91.5 Å². The average Bonchev–Trinajstić information content (AvgIpc) is 2.54. The van der Waals surface area contributed by atoms with Gasteiger partial charge in [-0.25, -0.2) is 4.79 Å². The van der Waals surface area contributed by atoms with Gasteiger partial charge in [-0.05, 0) is 31.5 Å². The first-order chi connectivity index (χ1) is 11.0. The number of hydrogen-bond acceptors (Lipinski definition) is 4. The third-order valence-corrected chi connectivity index (χ3v) is 3.32. The Balaban J connectivity index is 1.78. The number of amides is 3. The monoisotopic (exact) mass is 320 g/mol. The highest BCUT2D eigenvalue weighted by Crippen LogP contribution is 2.09. The van der Waals surface area contributed by atoms with Crippen LogP contribution in [0.3, 0.4) is 0 Å². The molecule has 1 fully saturated rings. The van der Waals surface area contributed by atoms with Crippen LogP contribution in [-0.2, 0) is 16.1 Å². The summed E-state index contributed by atoms with van der Waals surface area (Å²) in [6.45, 7) is 6.10. The van der Waals surface area contributed by atoms with Gasteiger partial charge in [0.2, 0.25) is 0 Å². The zero-order chi connectivity index (χ0) is 16.7. The molecule has 0 bridgehead atoms. The zero-order valence-corrected chi connectivity index (χ0v) is 13.5. The molecular weight excluding hydrogens is 296 g/mol. The molecule has 0 aromatic heterocycles. The molecule has 0 radical (unpaired) electrons. The number of urea groups is 1. The van der Waals surface area contributed by atoms with E-state index >= 15 is 0 Å². The van der Waals surface area contributed by atoms with E-state index in [0.717, 1.165) is 12.1 Å². The molecule has 23 heavy (non-hydrogen) atoms. The molecule has 7 nitrogen and oxygen atoms in total. The number of ether oxygens (including phenoxy) is 1. The minimum Gasteiger partial charge on any atom is -0.366 e. The number of anilines is 1. The van der Waals surface area contributed by atoms with Gasteiger partial charge >= 0.3 is 6.03 Å². The van der Waals surface area contributed by atoms with E-state index < -0.39 is 6.10 Å². The largest absolute Gasteiger partial charge is 0.366 e. The molecule has 1 heterocycles. The van der Waals surface area contributed by atoms with Gasteiger partial charge < -0.3 is 26.0 Å². The Morgan fingerprint density at radius 1 is 1.30 bits per heavy atom. The molecule has 126 valence electrons. The van der Waals surface area contributed by atoms with Crippen molar-refractivity contribution < 1.29 is 14.3 Å². The summed E-state index contributed by atoms with van der Waals surface area (Å²) in [7, 11) is 0. The molecule has 1 aliphatic rings. The van der Waals surface area contributed by atoms with Gasteiger partial charge in [-0.2, -0.15) is 0 Å². The highest BCUT2D eigenvalue weighted by Gasteiger charge is 2.21. The van der Waals surface area contributed by atoms with E-state index in [0.29, 0.717) is 25.4 Å². The molecule has 7 heteroatoms. The molecular formula is C16H24N4O3. The molecule has 1 aromatic rings. The van der Waals surface area contributed by atoms with Gasteiger partial charge in [0.15, 0.2) is 0 Å². The van der Waals surface area contributed by atoms with Gasteiger partial charge in [0.1, 0.15) is 6.10 Å². The number of rotatable bonds is 5. The van der Waals surface area contributed by atoms with Crippen LogP contribution in [0.25, 0.3) is 0 Å². The molecule has 2 rings (SSSR count). The Labute approximate surface area is 136 Å². The van der Waals surface area contributed by atoms with Gasteiger partial charge in [0.25, 0.3) is 5.91 Å². The van der Waals surface area contributed by atoms with E-state index in [9.17, 15) is 9.59 Å². The van der Waals surface area contributed by atoms with Crippen LogP contribution in [0.2, 0.25) is 0 Å². The normalized spacial score (nSPS) is 17.6. The Hall–Kier alpha value is -2.12. The van der Waals surface area contributed by atoms with Crippen molar-refractivity contribution in [1.82, 2.24) is 16.0 Å². The Morgan fingerprint density at radius 3 is 2.65 bits per heavy atom. The van der Waals surface area contributed by atoms with E-state index in [4.69, 9.17) is 4.74 Å². The fourth-order valence-electron chi connectivity index (χ4n) is 2.17. The van der Waals surface area contributed by atoms with E-state index in [1.165, 1.54) is 0 Å². The Bertz CT molecular complexity index is 525. The maximum atomic E-state index is 11.9. The highest BCUT2D eigenvalue weighted by atomic mass is 16.5.